The summed E-state index contributed by atoms with van der Waals surface area (Å²) in [6, 6.07) is 8.04. The molecule has 0 bridgehead atoms. The van der Waals surface area contributed by atoms with Crippen molar-refractivity contribution in [1.82, 2.24) is 19.9 Å². The number of allylic oxidation sites excluding steroid dienone is 1. The van der Waals surface area contributed by atoms with Gasteiger partial charge in [-0.1, -0.05) is 38.6 Å². The van der Waals surface area contributed by atoms with E-state index in [2.05, 4.69) is 54.1 Å². The normalized spacial score (nSPS) is 23.1. The van der Waals surface area contributed by atoms with E-state index in [1.54, 1.807) is 24.4 Å². The maximum Gasteiger partial charge on any atom is 0.256 e. The van der Waals surface area contributed by atoms with Crippen molar-refractivity contribution in [2.75, 3.05) is 50.9 Å². The Bertz CT molecular complexity index is 1520. The van der Waals surface area contributed by atoms with Crippen molar-refractivity contribution >= 4 is 35.3 Å². The second-order valence-electron chi connectivity index (χ2n) is 12.8. The van der Waals surface area contributed by atoms with Gasteiger partial charge in [-0.25, -0.2) is 9.98 Å². The zero-order valence-corrected chi connectivity index (χ0v) is 26.6. The molecule has 3 aliphatic rings. The zero-order valence-electron chi connectivity index (χ0n) is 26.6. The number of nitrogens with two attached hydrogens (primary N) is 1. The highest BCUT2D eigenvalue weighted by molar-refractivity contribution is 6.41. The first kappa shape index (κ1) is 31.1. The van der Waals surface area contributed by atoms with Gasteiger partial charge in [0.15, 0.2) is 5.82 Å². The van der Waals surface area contributed by atoms with Crippen LogP contribution in [0.15, 0.2) is 68.1 Å². The number of carbonyl (C=O) groups is 1. The smallest absolute Gasteiger partial charge is 0.256 e. The van der Waals surface area contributed by atoms with Crippen LogP contribution in [0.2, 0.25) is 0 Å². The number of carbonyl (C=O) groups excluding carboxylic acids is 1. The minimum absolute atomic E-state index is 0.221. The van der Waals surface area contributed by atoms with Crippen molar-refractivity contribution in [3.8, 4) is 0 Å². The predicted molar refractivity (Wildman–Crippen MR) is 176 cm³/mol. The fourth-order valence-electron chi connectivity index (χ4n) is 5.43. The van der Waals surface area contributed by atoms with Crippen LogP contribution in [0.5, 0.6) is 0 Å². The van der Waals surface area contributed by atoms with Crippen molar-refractivity contribution < 1.29 is 9.32 Å². The third-order valence-electron chi connectivity index (χ3n) is 8.51. The molecule has 2 fully saturated rings. The number of guanidine groups is 1. The summed E-state index contributed by atoms with van der Waals surface area (Å²) in [5, 5.41) is 10.1. The SMILES string of the molecule is C=C/N=C1/C=NC(N(C)C2CC(N3CCN(C)CC3)C2)=N/C1=C(/N)Nc1cc(C(=O)Nc2cc(C(C)(C)C)on2)ccc1C. The van der Waals surface area contributed by atoms with Gasteiger partial charge in [0.05, 0.1) is 6.21 Å². The molecule has 5 rings (SSSR count). The minimum atomic E-state index is -0.316. The molecule has 0 spiro atoms. The Morgan fingerprint density at radius 2 is 1.91 bits per heavy atom. The van der Waals surface area contributed by atoms with Gasteiger partial charge in [0.25, 0.3) is 5.91 Å². The Balaban J connectivity index is 1.30. The molecule has 1 saturated carbocycles. The lowest BCUT2D eigenvalue weighted by Gasteiger charge is -2.48. The van der Waals surface area contributed by atoms with Crippen LogP contribution in [0.1, 0.15) is 55.3 Å². The monoisotopic (exact) mass is 600 g/mol. The lowest BCUT2D eigenvalue weighted by molar-refractivity contribution is 0.0348. The van der Waals surface area contributed by atoms with Crippen molar-refractivity contribution in [3.05, 3.63) is 65.4 Å². The van der Waals surface area contributed by atoms with Crippen LogP contribution in [0.3, 0.4) is 0 Å². The highest BCUT2D eigenvalue weighted by Crippen LogP contribution is 2.31. The van der Waals surface area contributed by atoms with Gasteiger partial charge < -0.3 is 30.7 Å². The van der Waals surface area contributed by atoms with E-state index in [4.69, 9.17) is 15.2 Å². The highest BCUT2D eigenvalue weighted by atomic mass is 16.5. The molecule has 1 amide bonds. The summed E-state index contributed by atoms with van der Waals surface area (Å²) in [5.74, 6) is 1.60. The number of aliphatic imine (C=N–C) groups is 3. The first-order valence-corrected chi connectivity index (χ1v) is 15.1. The molecule has 1 saturated heterocycles. The van der Waals surface area contributed by atoms with E-state index in [0.29, 0.717) is 58.1 Å². The van der Waals surface area contributed by atoms with Crippen LogP contribution in [0, 0.1) is 6.92 Å². The van der Waals surface area contributed by atoms with Gasteiger partial charge in [-0.05, 0) is 44.5 Å². The number of rotatable bonds is 7. The van der Waals surface area contributed by atoms with Crippen molar-refractivity contribution in [3.63, 3.8) is 0 Å². The number of likely N-dealkylation sites (N-methyl/N-ethyl adjacent to an activating group) is 1. The highest BCUT2D eigenvalue weighted by Gasteiger charge is 2.38. The number of aryl methyl sites for hydroxylation is 1. The summed E-state index contributed by atoms with van der Waals surface area (Å²) in [5.41, 5.74) is 9.35. The van der Waals surface area contributed by atoms with Gasteiger partial charge in [-0.15, -0.1) is 0 Å². The van der Waals surface area contributed by atoms with Crippen molar-refractivity contribution in [2.24, 2.45) is 20.7 Å². The topological polar surface area (TPSA) is 140 Å². The molecule has 1 aliphatic carbocycles. The first-order valence-electron chi connectivity index (χ1n) is 15.1. The average Bonchev–Trinajstić information content (AvgIpc) is 3.44. The second kappa shape index (κ2) is 12.7. The standard InChI is InChI=1S/C32H44N10O2/c1-8-34-25-19-35-31(41(7)22-16-23(17-22)42-13-11-40(6)12-14-42)38-28(25)29(33)36-24-15-21(10-9-20(24)2)30(43)37-27-18-26(44-39-27)32(3,4)5/h8-10,15,18-19,22-23,36H,1,11-14,16-17,33H2,2-7H3,(H,37,39,43)/b29-28-,34-25-. The predicted octanol–water partition coefficient (Wildman–Crippen LogP) is 3.81. The molecule has 1 aromatic heterocycles. The third-order valence-corrected chi connectivity index (χ3v) is 8.51. The molecular weight excluding hydrogens is 556 g/mol. The fraction of sp³-hybridized carbons (Fsp3) is 0.469. The van der Waals surface area contributed by atoms with Gasteiger partial charge in [-0.2, -0.15) is 0 Å². The van der Waals surface area contributed by atoms with E-state index in [-0.39, 0.29) is 11.3 Å². The van der Waals surface area contributed by atoms with E-state index in [9.17, 15) is 4.79 Å². The molecule has 2 aliphatic heterocycles. The van der Waals surface area contributed by atoms with Crippen molar-refractivity contribution in [2.45, 2.75) is 58.0 Å². The maximum absolute atomic E-state index is 13.1. The Kier molecular flexibility index (Phi) is 9.02. The van der Waals surface area contributed by atoms with Gasteiger partial charge in [0, 0.05) is 74.2 Å². The number of hydrogen-bond acceptors (Lipinski definition) is 11. The van der Waals surface area contributed by atoms with Gasteiger partial charge in [0.1, 0.15) is 23.0 Å². The Morgan fingerprint density at radius 3 is 2.57 bits per heavy atom. The summed E-state index contributed by atoms with van der Waals surface area (Å²) in [7, 11) is 4.21. The molecule has 1 aromatic carbocycles. The van der Waals surface area contributed by atoms with Crippen LogP contribution in [-0.2, 0) is 5.41 Å². The van der Waals surface area contributed by atoms with Crippen LogP contribution in [0.25, 0.3) is 0 Å². The molecule has 0 atom stereocenters. The number of hydrogen-bond donors (Lipinski definition) is 3. The number of benzene rings is 1. The fourth-order valence-corrected chi connectivity index (χ4v) is 5.43. The Morgan fingerprint density at radius 1 is 1.18 bits per heavy atom. The number of piperazine rings is 1. The van der Waals surface area contributed by atoms with E-state index >= 15 is 0 Å². The van der Waals surface area contributed by atoms with E-state index in [0.717, 1.165) is 44.6 Å². The van der Waals surface area contributed by atoms with E-state index < -0.39 is 0 Å². The van der Waals surface area contributed by atoms with Crippen LogP contribution in [0.4, 0.5) is 11.5 Å². The first-order chi connectivity index (χ1) is 20.9. The Hall–Kier alpha value is -4.29. The molecule has 12 nitrogen and oxygen atoms in total. The molecule has 0 radical (unpaired) electrons. The number of aromatic nitrogens is 1. The number of nitrogens with zero attached hydrogens (tertiary/aromatic N) is 7. The largest absolute Gasteiger partial charge is 0.383 e. The van der Waals surface area contributed by atoms with Gasteiger partial charge in [-0.3, -0.25) is 14.7 Å². The maximum atomic E-state index is 13.1. The van der Waals surface area contributed by atoms with Gasteiger partial charge in [0.2, 0.25) is 5.96 Å². The van der Waals surface area contributed by atoms with E-state index in [1.807, 2.05) is 40.8 Å². The number of anilines is 2. The Labute approximate surface area is 259 Å². The summed E-state index contributed by atoms with van der Waals surface area (Å²) in [6.07, 6.45) is 5.27. The van der Waals surface area contributed by atoms with Crippen LogP contribution < -0.4 is 16.4 Å². The number of amides is 1. The molecular formula is C32H44N10O2. The quantitative estimate of drug-likeness (QED) is 0.436. The molecule has 12 heteroatoms. The number of nitrogens with one attached hydrogen (secondary N) is 2. The molecule has 234 valence electrons. The van der Waals surface area contributed by atoms with Gasteiger partial charge >= 0.3 is 0 Å². The lowest BCUT2D eigenvalue weighted by atomic mass is 9.84. The summed E-state index contributed by atoms with van der Waals surface area (Å²) >= 11 is 0. The lowest BCUT2D eigenvalue weighted by Crippen LogP contribution is -2.58. The summed E-state index contributed by atoms with van der Waals surface area (Å²) in [6.45, 7) is 16.2. The molecule has 44 heavy (non-hydrogen) atoms. The minimum Gasteiger partial charge on any atom is -0.383 e. The van der Waals surface area contributed by atoms with E-state index in [1.165, 1.54) is 6.20 Å². The molecule has 3 heterocycles. The van der Waals surface area contributed by atoms with Crippen molar-refractivity contribution in [1.29, 1.82) is 0 Å². The average molecular weight is 601 g/mol. The summed E-state index contributed by atoms with van der Waals surface area (Å²) in [4.78, 5) is 34.0. The molecule has 4 N–H and O–H groups in total. The molecule has 2 aromatic rings. The second-order valence-corrected chi connectivity index (χ2v) is 12.8. The molecule has 0 unspecified atom stereocenters. The summed E-state index contributed by atoms with van der Waals surface area (Å²) < 4.78 is 5.40. The zero-order chi connectivity index (χ0) is 31.6. The third kappa shape index (κ3) is 6.92. The van der Waals surface area contributed by atoms with Crippen LogP contribution in [-0.4, -0.2) is 96.0 Å². The van der Waals surface area contributed by atoms with Crippen LogP contribution >= 0.6 is 0 Å².